The normalized spacial score (nSPS) is 28.4. The van der Waals surface area contributed by atoms with Gasteiger partial charge < -0.3 is 10.9 Å². The van der Waals surface area contributed by atoms with Crippen molar-refractivity contribution >= 4 is 5.84 Å². The van der Waals surface area contributed by atoms with E-state index in [-0.39, 0.29) is 5.41 Å². The summed E-state index contributed by atoms with van der Waals surface area (Å²) in [5.41, 5.74) is 5.49. The quantitative estimate of drug-likeness (QED) is 0.344. The molecule has 0 bridgehead atoms. The second-order valence-electron chi connectivity index (χ2n) is 5.99. The average Bonchev–Trinajstić information content (AvgIpc) is 2.27. The average molecular weight is 241 g/mol. The zero-order valence-electron chi connectivity index (χ0n) is 11.6. The Bertz CT molecular complexity index is 266. The van der Waals surface area contributed by atoms with Crippen LogP contribution in [0.5, 0.6) is 0 Å². The van der Waals surface area contributed by atoms with Crippen LogP contribution < -0.4 is 5.73 Å². The molecular formula is C13H27N3O. The second-order valence-corrected chi connectivity index (χ2v) is 5.99. The molecule has 2 atom stereocenters. The number of nitrogens with zero attached hydrogens (tertiary/aromatic N) is 2. The van der Waals surface area contributed by atoms with Crippen LogP contribution in [-0.2, 0) is 0 Å². The minimum atomic E-state index is -0.231. The fraction of sp³-hybridized carbons (Fsp3) is 0.923. The molecular weight excluding hydrogens is 214 g/mol. The summed E-state index contributed by atoms with van der Waals surface area (Å²) < 4.78 is 0. The molecule has 4 heteroatoms. The topological polar surface area (TPSA) is 61.8 Å². The molecule has 1 aliphatic heterocycles. The number of nitrogens with two attached hydrogens (primary N) is 1. The number of rotatable bonds is 4. The highest BCUT2D eigenvalue weighted by Gasteiger charge is 2.29. The van der Waals surface area contributed by atoms with Gasteiger partial charge in [-0.25, -0.2) is 0 Å². The zero-order chi connectivity index (χ0) is 13.1. The van der Waals surface area contributed by atoms with Gasteiger partial charge in [-0.1, -0.05) is 25.4 Å². The summed E-state index contributed by atoms with van der Waals surface area (Å²) in [6.45, 7) is 9.67. The van der Waals surface area contributed by atoms with Crippen molar-refractivity contribution in [3.05, 3.63) is 0 Å². The summed E-state index contributed by atoms with van der Waals surface area (Å²) in [4.78, 5) is 2.55. The summed E-state index contributed by atoms with van der Waals surface area (Å²) in [5.74, 6) is 0.329. The Balaban J connectivity index is 2.54. The van der Waals surface area contributed by atoms with E-state index >= 15 is 0 Å². The minimum absolute atomic E-state index is 0.231. The Morgan fingerprint density at radius 3 is 2.35 bits per heavy atom. The number of oxime groups is 1. The van der Waals surface area contributed by atoms with Gasteiger partial charge in [0.1, 0.15) is 5.84 Å². The first-order valence-electron chi connectivity index (χ1n) is 6.62. The Morgan fingerprint density at radius 2 is 1.88 bits per heavy atom. The van der Waals surface area contributed by atoms with Crippen molar-refractivity contribution in [2.24, 2.45) is 16.3 Å². The van der Waals surface area contributed by atoms with Crippen LogP contribution in [0.25, 0.3) is 0 Å². The van der Waals surface area contributed by atoms with E-state index in [1.54, 1.807) is 0 Å². The van der Waals surface area contributed by atoms with Gasteiger partial charge in [0, 0.05) is 17.5 Å². The molecule has 1 saturated heterocycles. The first kappa shape index (κ1) is 14.3. The molecule has 2 unspecified atom stereocenters. The summed E-state index contributed by atoms with van der Waals surface area (Å²) in [6, 6.07) is 1.31. The van der Waals surface area contributed by atoms with Crippen LogP contribution in [0.3, 0.4) is 0 Å². The van der Waals surface area contributed by atoms with Crippen molar-refractivity contribution in [2.45, 2.75) is 65.5 Å². The van der Waals surface area contributed by atoms with Crippen LogP contribution in [-0.4, -0.2) is 34.6 Å². The molecule has 100 valence electrons. The van der Waals surface area contributed by atoms with Crippen molar-refractivity contribution in [2.75, 3.05) is 6.54 Å². The number of hydrogen-bond donors (Lipinski definition) is 2. The highest BCUT2D eigenvalue weighted by molar-refractivity contribution is 5.85. The van der Waals surface area contributed by atoms with Crippen molar-refractivity contribution < 1.29 is 5.21 Å². The van der Waals surface area contributed by atoms with Gasteiger partial charge in [0.15, 0.2) is 0 Å². The van der Waals surface area contributed by atoms with E-state index in [4.69, 9.17) is 10.9 Å². The van der Waals surface area contributed by atoms with E-state index in [0.29, 0.717) is 17.9 Å². The third kappa shape index (κ3) is 3.60. The smallest absolute Gasteiger partial charge is 0.144 e. The summed E-state index contributed by atoms with van der Waals surface area (Å²) in [6.07, 6.45) is 4.84. The van der Waals surface area contributed by atoms with E-state index in [1.165, 1.54) is 19.3 Å². The molecule has 0 spiro atoms. The number of piperidine rings is 1. The van der Waals surface area contributed by atoms with Crippen LogP contribution in [0.1, 0.15) is 53.4 Å². The van der Waals surface area contributed by atoms with Crippen molar-refractivity contribution in [3.8, 4) is 0 Å². The van der Waals surface area contributed by atoms with Crippen LogP contribution in [0.2, 0.25) is 0 Å². The molecule has 0 saturated carbocycles. The van der Waals surface area contributed by atoms with Crippen molar-refractivity contribution in [1.82, 2.24) is 4.90 Å². The highest BCUT2D eigenvalue weighted by Crippen LogP contribution is 2.26. The van der Waals surface area contributed by atoms with E-state index < -0.39 is 0 Å². The van der Waals surface area contributed by atoms with Crippen LogP contribution in [0, 0.1) is 5.41 Å². The SMILES string of the molecule is CC1CCCC(C)N1CCC(C)(C)C(N)=NO. The van der Waals surface area contributed by atoms with Gasteiger partial charge in [-0.15, -0.1) is 0 Å². The molecule has 1 fully saturated rings. The maximum absolute atomic E-state index is 8.76. The van der Waals surface area contributed by atoms with Gasteiger partial charge in [0.05, 0.1) is 0 Å². The molecule has 0 aliphatic carbocycles. The third-order valence-corrected chi connectivity index (χ3v) is 4.17. The first-order chi connectivity index (χ1) is 7.88. The lowest BCUT2D eigenvalue weighted by atomic mass is 9.86. The summed E-state index contributed by atoms with van der Waals surface area (Å²) in [7, 11) is 0. The largest absolute Gasteiger partial charge is 0.409 e. The van der Waals surface area contributed by atoms with E-state index in [0.717, 1.165) is 13.0 Å². The van der Waals surface area contributed by atoms with E-state index in [1.807, 2.05) is 13.8 Å². The third-order valence-electron chi connectivity index (χ3n) is 4.17. The van der Waals surface area contributed by atoms with Gasteiger partial charge in [-0.3, -0.25) is 4.90 Å². The van der Waals surface area contributed by atoms with Crippen LogP contribution in [0.15, 0.2) is 5.16 Å². The van der Waals surface area contributed by atoms with Gasteiger partial charge in [-0.05, 0) is 39.7 Å². The van der Waals surface area contributed by atoms with Crippen molar-refractivity contribution in [3.63, 3.8) is 0 Å². The Hall–Kier alpha value is -0.770. The second kappa shape index (κ2) is 5.71. The van der Waals surface area contributed by atoms with E-state index in [9.17, 15) is 0 Å². The van der Waals surface area contributed by atoms with Gasteiger partial charge in [0.25, 0.3) is 0 Å². The molecule has 4 nitrogen and oxygen atoms in total. The van der Waals surface area contributed by atoms with Crippen LogP contribution in [0.4, 0.5) is 0 Å². The molecule has 0 radical (unpaired) electrons. The molecule has 0 aromatic heterocycles. The predicted octanol–water partition coefficient (Wildman–Crippen LogP) is 2.41. The van der Waals surface area contributed by atoms with E-state index in [2.05, 4.69) is 23.9 Å². The summed E-state index contributed by atoms with van der Waals surface area (Å²) in [5, 5.41) is 11.9. The lowest BCUT2D eigenvalue weighted by Gasteiger charge is -2.40. The van der Waals surface area contributed by atoms with Crippen LogP contribution >= 0.6 is 0 Å². The number of likely N-dealkylation sites (tertiary alicyclic amines) is 1. The Labute approximate surface area is 105 Å². The highest BCUT2D eigenvalue weighted by atomic mass is 16.4. The fourth-order valence-corrected chi connectivity index (χ4v) is 2.59. The number of amidine groups is 1. The maximum Gasteiger partial charge on any atom is 0.144 e. The lowest BCUT2D eigenvalue weighted by Crippen LogP contribution is -2.46. The predicted molar refractivity (Wildman–Crippen MR) is 71.3 cm³/mol. The maximum atomic E-state index is 8.76. The van der Waals surface area contributed by atoms with Gasteiger partial charge in [-0.2, -0.15) is 0 Å². The first-order valence-corrected chi connectivity index (χ1v) is 6.62. The van der Waals surface area contributed by atoms with Crippen molar-refractivity contribution in [1.29, 1.82) is 0 Å². The zero-order valence-corrected chi connectivity index (χ0v) is 11.6. The molecule has 17 heavy (non-hydrogen) atoms. The molecule has 1 heterocycles. The van der Waals surface area contributed by atoms with Gasteiger partial charge >= 0.3 is 0 Å². The standard InChI is InChI=1S/C13H27N3O/c1-10-6-5-7-11(2)16(10)9-8-13(3,4)12(14)15-17/h10-11,17H,5-9H2,1-4H3,(H2,14,15). The molecule has 3 N–H and O–H groups in total. The molecule has 0 aromatic rings. The van der Waals surface area contributed by atoms with Gasteiger partial charge in [0.2, 0.25) is 0 Å². The Kier molecular flexibility index (Phi) is 4.80. The summed E-state index contributed by atoms with van der Waals surface area (Å²) >= 11 is 0. The lowest BCUT2D eigenvalue weighted by molar-refractivity contribution is 0.0937. The molecule has 1 aliphatic rings. The monoisotopic (exact) mass is 241 g/mol. The molecule has 0 amide bonds. The molecule has 0 aromatic carbocycles. The minimum Gasteiger partial charge on any atom is -0.409 e. The number of hydrogen-bond acceptors (Lipinski definition) is 3. The fourth-order valence-electron chi connectivity index (χ4n) is 2.59. The molecule has 1 rings (SSSR count). The Morgan fingerprint density at radius 1 is 1.35 bits per heavy atom.